The predicted molar refractivity (Wildman–Crippen MR) is 93.0 cm³/mol. The highest BCUT2D eigenvalue weighted by atomic mass is 19.4. The smallest absolute Gasteiger partial charge is 0.406 e. The van der Waals surface area contributed by atoms with E-state index in [-0.39, 0.29) is 11.7 Å². The van der Waals surface area contributed by atoms with E-state index in [1.165, 1.54) is 18.2 Å². The molecule has 0 saturated carbocycles. The molecule has 0 aliphatic carbocycles. The van der Waals surface area contributed by atoms with Crippen LogP contribution < -0.4 is 10.1 Å². The lowest BCUT2D eigenvalue weighted by Crippen LogP contribution is -2.17. The number of alkyl halides is 3. The molecule has 0 fully saturated rings. The van der Waals surface area contributed by atoms with Crippen molar-refractivity contribution < 1.29 is 22.7 Å². The summed E-state index contributed by atoms with van der Waals surface area (Å²) >= 11 is 0. The molecule has 26 heavy (non-hydrogen) atoms. The molecule has 0 aliphatic rings. The molecule has 0 bridgehead atoms. The number of rotatable bonds is 5. The minimum atomic E-state index is -4.70. The third kappa shape index (κ3) is 4.24. The van der Waals surface area contributed by atoms with Gasteiger partial charge in [0, 0.05) is 29.3 Å². The Morgan fingerprint density at radius 2 is 1.88 bits per heavy atom. The molecular formula is C19H15F3N2O2. The average Bonchev–Trinajstić information content (AvgIpc) is 2.97. The molecule has 0 atom stereocenters. The molecule has 0 radical (unpaired) electrons. The molecule has 0 spiro atoms. The van der Waals surface area contributed by atoms with E-state index in [4.69, 9.17) is 0 Å². The molecule has 0 aliphatic heterocycles. The third-order valence-corrected chi connectivity index (χ3v) is 3.73. The van der Waals surface area contributed by atoms with Gasteiger partial charge in [-0.25, -0.2) is 0 Å². The van der Waals surface area contributed by atoms with Crippen LogP contribution in [0.15, 0.2) is 67.4 Å². The second-order valence-corrected chi connectivity index (χ2v) is 5.60. The number of nitrogens with zero attached hydrogens (tertiary/aromatic N) is 1. The van der Waals surface area contributed by atoms with Crippen LogP contribution in [0.1, 0.15) is 5.56 Å². The van der Waals surface area contributed by atoms with E-state index in [2.05, 4.69) is 16.6 Å². The van der Waals surface area contributed by atoms with Crippen molar-refractivity contribution in [3.05, 3.63) is 72.9 Å². The lowest BCUT2D eigenvalue weighted by molar-refractivity contribution is -0.274. The number of hydrogen-bond donors (Lipinski definition) is 1. The summed E-state index contributed by atoms with van der Waals surface area (Å²) in [6.07, 6.45) is -1.62. The highest BCUT2D eigenvalue weighted by Crippen LogP contribution is 2.24. The molecule has 0 saturated heterocycles. The standard InChI is InChI=1S/C19H15F3N2O2/c1-2-18(25)23-15-5-8-17-14(11-15)9-10-24(17)12-13-3-6-16(7-4-13)26-19(20,21)22/h2-11H,1,12H2,(H,23,25). The lowest BCUT2D eigenvalue weighted by Gasteiger charge is -2.10. The zero-order valence-electron chi connectivity index (χ0n) is 13.6. The van der Waals surface area contributed by atoms with Crippen molar-refractivity contribution in [1.29, 1.82) is 0 Å². The fraction of sp³-hybridized carbons (Fsp3) is 0.105. The maximum absolute atomic E-state index is 12.2. The van der Waals surface area contributed by atoms with Gasteiger partial charge in [0.25, 0.3) is 0 Å². The molecule has 1 amide bonds. The molecule has 4 nitrogen and oxygen atoms in total. The number of carbonyl (C=O) groups is 1. The van der Waals surface area contributed by atoms with Crippen molar-refractivity contribution in [2.75, 3.05) is 5.32 Å². The number of carbonyl (C=O) groups excluding carboxylic acids is 1. The number of fused-ring (bicyclic) bond motifs is 1. The number of benzene rings is 2. The average molecular weight is 360 g/mol. The predicted octanol–water partition coefficient (Wildman–Crippen LogP) is 4.71. The first-order chi connectivity index (χ1) is 12.3. The first-order valence-corrected chi connectivity index (χ1v) is 7.71. The number of nitrogens with one attached hydrogen (secondary N) is 1. The van der Waals surface area contributed by atoms with Crippen molar-refractivity contribution in [1.82, 2.24) is 4.57 Å². The monoisotopic (exact) mass is 360 g/mol. The van der Waals surface area contributed by atoms with Crippen LogP contribution in [0.25, 0.3) is 10.9 Å². The fourth-order valence-electron chi connectivity index (χ4n) is 2.60. The van der Waals surface area contributed by atoms with Crippen molar-refractivity contribution in [2.45, 2.75) is 12.9 Å². The van der Waals surface area contributed by atoms with Gasteiger partial charge >= 0.3 is 6.36 Å². The van der Waals surface area contributed by atoms with E-state index in [0.29, 0.717) is 12.2 Å². The van der Waals surface area contributed by atoms with Gasteiger partial charge in [0.1, 0.15) is 5.75 Å². The van der Waals surface area contributed by atoms with Crippen molar-refractivity contribution >= 4 is 22.5 Å². The number of anilines is 1. The molecule has 1 heterocycles. The number of halogens is 3. The Kier molecular flexibility index (Phi) is 4.71. The van der Waals surface area contributed by atoms with E-state index in [0.717, 1.165) is 16.5 Å². The Balaban J connectivity index is 1.76. The third-order valence-electron chi connectivity index (χ3n) is 3.73. The van der Waals surface area contributed by atoms with Gasteiger partial charge in [-0.05, 0) is 48.0 Å². The Morgan fingerprint density at radius 1 is 1.15 bits per heavy atom. The van der Waals surface area contributed by atoms with Gasteiger partial charge in [-0.3, -0.25) is 4.79 Å². The molecule has 3 rings (SSSR count). The first kappa shape index (κ1) is 17.6. The van der Waals surface area contributed by atoms with Crippen molar-refractivity contribution in [2.24, 2.45) is 0 Å². The van der Waals surface area contributed by atoms with Gasteiger partial charge in [-0.1, -0.05) is 18.7 Å². The maximum Gasteiger partial charge on any atom is 0.573 e. The summed E-state index contributed by atoms with van der Waals surface area (Å²) < 4.78 is 42.4. The lowest BCUT2D eigenvalue weighted by atomic mass is 10.2. The van der Waals surface area contributed by atoms with Crippen LogP contribution in [0.4, 0.5) is 18.9 Å². The molecule has 134 valence electrons. The van der Waals surface area contributed by atoms with Crippen LogP contribution in [0, 0.1) is 0 Å². The van der Waals surface area contributed by atoms with E-state index in [9.17, 15) is 18.0 Å². The zero-order chi connectivity index (χ0) is 18.7. The second-order valence-electron chi connectivity index (χ2n) is 5.60. The number of amides is 1. The van der Waals surface area contributed by atoms with Gasteiger partial charge in [-0.2, -0.15) is 0 Å². The topological polar surface area (TPSA) is 43.3 Å². The molecule has 3 aromatic rings. The summed E-state index contributed by atoms with van der Waals surface area (Å²) in [4.78, 5) is 11.4. The van der Waals surface area contributed by atoms with Crippen LogP contribution in [0.5, 0.6) is 5.75 Å². The number of hydrogen-bond acceptors (Lipinski definition) is 2. The molecule has 1 aromatic heterocycles. The second kappa shape index (κ2) is 6.95. The molecule has 2 aromatic carbocycles. The van der Waals surface area contributed by atoms with E-state index in [1.807, 2.05) is 29.0 Å². The van der Waals surface area contributed by atoms with Gasteiger partial charge in [0.15, 0.2) is 0 Å². The Bertz CT molecular complexity index is 944. The quantitative estimate of drug-likeness (QED) is 0.670. The summed E-state index contributed by atoms with van der Waals surface area (Å²) in [5, 5.41) is 3.63. The highest BCUT2D eigenvalue weighted by molar-refractivity contribution is 6.00. The largest absolute Gasteiger partial charge is 0.573 e. The SMILES string of the molecule is C=CC(=O)Nc1ccc2c(ccn2Cc2ccc(OC(F)(F)F)cc2)c1. The number of ether oxygens (including phenoxy) is 1. The summed E-state index contributed by atoms with van der Waals surface area (Å²) in [6, 6.07) is 13.1. The van der Waals surface area contributed by atoms with Gasteiger partial charge < -0.3 is 14.6 Å². The fourth-order valence-corrected chi connectivity index (χ4v) is 2.60. The van der Waals surface area contributed by atoms with Gasteiger partial charge in [0.05, 0.1) is 0 Å². The highest BCUT2D eigenvalue weighted by Gasteiger charge is 2.30. The minimum absolute atomic E-state index is 0.249. The summed E-state index contributed by atoms with van der Waals surface area (Å²) in [7, 11) is 0. The summed E-state index contributed by atoms with van der Waals surface area (Å²) in [5.74, 6) is -0.536. The van der Waals surface area contributed by atoms with E-state index in [1.54, 1.807) is 18.2 Å². The normalized spacial score (nSPS) is 11.3. The Hall–Kier alpha value is -3.22. The molecule has 7 heteroatoms. The summed E-state index contributed by atoms with van der Waals surface area (Å²) in [6.45, 7) is 3.90. The molecule has 1 N–H and O–H groups in total. The Morgan fingerprint density at radius 3 is 2.54 bits per heavy atom. The van der Waals surface area contributed by atoms with Crippen LogP contribution >= 0.6 is 0 Å². The van der Waals surface area contributed by atoms with E-state index < -0.39 is 6.36 Å². The zero-order valence-corrected chi connectivity index (χ0v) is 13.6. The molecule has 0 unspecified atom stereocenters. The number of aromatic nitrogens is 1. The van der Waals surface area contributed by atoms with Crippen LogP contribution in [-0.2, 0) is 11.3 Å². The van der Waals surface area contributed by atoms with Crippen LogP contribution in [0.3, 0.4) is 0 Å². The maximum atomic E-state index is 12.2. The minimum Gasteiger partial charge on any atom is -0.406 e. The van der Waals surface area contributed by atoms with E-state index >= 15 is 0 Å². The first-order valence-electron chi connectivity index (χ1n) is 7.71. The molecular weight excluding hydrogens is 345 g/mol. The van der Waals surface area contributed by atoms with Gasteiger partial charge in [-0.15, -0.1) is 13.2 Å². The van der Waals surface area contributed by atoms with Gasteiger partial charge in [0.2, 0.25) is 5.91 Å². The van der Waals surface area contributed by atoms with Crippen molar-refractivity contribution in [3.63, 3.8) is 0 Å². The Labute approximate surface area is 147 Å². The van der Waals surface area contributed by atoms with Crippen molar-refractivity contribution in [3.8, 4) is 5.75 Å². The summed E-state index contributed by atoms with van der Waals surface area (Å²) in [5.41, 5.74) is 2.44. The van der Waals surface area contributed by atoms with Crippen LogP contribution in [0.2, 0.25) is 0 Å². The van der Waals surface area contributed by atoms with Crippen LogP contribution in [-0.4, -0.2) is 16.8 Å².